The van der Waals surface area contributed by atoms with Crippen LogP contribution in [0.25, 0.3) is 0 Å². The van der Waals surface area contributed by atoms with Crippen LogP contribution in [0.2, 0.25) is 5.02 Å². The van der Waals surface area contributed by atoms with E-state index in [0.717, 1.165) is 6.07 Å². The van der Waals surface area contributed by atoms with E-state index in [4.69, 9.17) is 16.7 Å². The Kier molecular flexibility index (Phi) is 6.44. The molecule has 0 aliphatic heterocycles. The predicted octanol–water partition coefficient (Wildman–Crippen LogP) is 2.97. The van der Waals surface area contributed by atoms with Crippen molar-refractivity contribution in [2.45, 2.75) is 25.1 Å². The third kappa shape index (κ3) is 4.25. The summed E-state index contributed by atoms with van der Waals surface area (Å²) in [6.07, 6.45) is 0.717. The summed E-state index contributed by atoms with van der Waals surface area (Å²) in [4.78, 5) is 16.0. The molecule has 2 rings (SSSR count). The molecule has 1 amide bonds. The molecule has 2 aromatic rings. The SMILES string of the molecule is O=C(NCc1c(F)cc(F)cc1Cl)[C@](F)(CCCO)c1cccnc1O. The average molecular weight is 389 g/mol. The van der Waals surface area contributed by atoms with Crippen molar-refractivity contribution in [3.05, 3.63) is 58.2 Å². The standard InChI is InChI=1S/C17H16ClF3N2O3/c18-13-7-10(19)8-14(20)11(13)9-23-16(26)17(21,4-2-6-24)12-3-1-5-22-15(12)25/h1,3,5,7-8,24H,2,4,6,9H2,(H,22,25)(H,23,26)/t17-/m0/s1. The topological polar surface area (TPSA) is 82.5 Å². The fourth-order valence-corrected chi connectivity index (χ4v) is 2.71. The van der Waals surface area contributed by atoms with Gasteiger partial charge in [0.2, 0.25) is 11.5 Å². The highest BCUT2D eigenvalue weighted by Gasteiger charge is 2.42. The van der Waals surface area contributed by atoms with Crippen LogP contribution in [0.4, 0.5) is 13.2 Å². The molecule has 0 aliphatic carbocycles. The van der Waals surface area contributed by atoms with Gasteiger partial charge in [-0.2, -0.15) is 0 Å². The molecule has 0 radical (unpaired) electrons. The fourth-order valence-electron chi connectivity index (χ4n) is 2.45. The number of aliphatic hydroxyl groups is 1. The second-order valence-corrected chi connectivity index (χ2v) is 5.94. The first-order valence-corrected chi connectivity index (χ1v) is 8.03. The maximum Gasteiger partial charge on any atom is 0.262 e. The summed E-state index contributed by atoms with van der Waals surface area (Å²) in [6, 6.07) is 3.99. The molecule has 0 saturated carbocycles. The van der Waals surface area contributed by atoms with Crippen LogP contribution in [0.1, 0.15) is 24.0 Å². The minimum atomic E-state index is -2.70. The van der Waals surface area contributed by atoms with Gasteiger partial charge in [0.15, 0.2) is 0 Å². The van der Waals surface area contributed by atoms with Crippen LogP contribution >= 0.6 is 11.6 Å². The average Bonchev–Trinajstić information content (AvgIpc) is 2.58. The molecule has 1 aromatic carbocycles. The van der Waals surface area contributed by atoms with Crippen LogP contribution < -0.4 is 5.32 Å². The van der Waals surface area contributed by atoms with E-state index in [9.17, 15) is 18.7 Å². The second-order valence-electron chi connectivity index (χ2n) is 5.53. The molecular formula is C17H16ClF3N2O3. The van der Waals surface area contributed by atoms with Crippen LogP contribution in [0.15, 0.2) is 30.5 Å². The summed E-state index contributed by atoms with van der Waals surface area (Å²) in [5.41, 5.74) is -3.29. The summed E-state index contributed by atoms with van der Waals surface area (Å²) >= 11 is 5.75. The lowest BCUT2D eigenvalue weighted by atomic mass is 9.90. The van der Waals surface area contributed by atoms with Gasteiger partial charge in [0.05, 0.1) is 10.6 Å². The Balaban J connectivity index is 2.27. The normalized spacial score (nSPS) is 13.3. The van der Waals surface area contributed by atoms with Crippen molar-refractivity contribution in [3.63, 3.8) is 0 Å². The highest BCUT2D eigenvalue weighted by molar-refractivity contribution is 6.31. The van der Waals surface area contributed by atoms with Crippen molar-refractivity contribution in [3.8, 4) is 5.88 Å². The molecule has 0 saturated heterocycles. The molecule has 5 nitrogen and oxygen atoms in total. The summed E-state index contributed by atoms with van der Waals surface area (Å²) in [5, 5.41) is 20.7. The van der Waals surface area contributed by atoms with E-state index in [1.54, 1.807) is 0 Å². The molecule has 0 spiro atoms. The molecule has 26 heavy (non-hydrogen) atoms. The number of hydrogen-bond acceptors (Lipinski definition) is 4. The Bertz CT molecular complexity index is 784. The van der Waals surface area contributed by atoms with Gasteiger partial charge < -0.3 is 15.5 Å². The Morgan fingerprint density at radius 1 is 1.35 bits per heavy atom. The van der Waals surface area contributed by atoms with Crippen molar-refractivity contribution < 1.29 is 28.2 Å². The smallest absolute Gasteiger partial charge is 0.262 e. The zero-order valence-corrected chi connectivity index (χ0v) is 14.2. The first kappa shape index (κ1) is 20.0. The number of halogens is 4. The lowest BCUT2D eigenvalue weighted by Crippen LogP contribution is -2.41. The molecule has 140 valence electrons. The highest BCUT2D eigenvalue weighted by Crippen LogP contribution is 2.36. The van der Waals surface area contributed by atoms with Crippen molar-refractivity contribution in [2.75, 3.05) is 6.61 Å². The molecule has 9 heteroatoms. The highest BCUT2D eigenvalue weighted by atomic mass is 35.5. The number of nitrogens with zero attached hydrogens (tertiary/aromatic N) is 1. The number of carbonyl (C=O) groups excluding carboxylic acids is 1. The summed E-state index contributed by atoms with van der Waals surface area (Å²) in [5.74, 6) is -3.71. The Morgan fingerprint density at radius 2 is 2.08 bits per heavy atom. The minimum absolute atomic E-state index is 0.0656. The molecule has 1 atom stereocenters. The number of benzene rings is 1. The van der Waals surface area contributed by atoms with Gasteiger partial charge in [0.1, 0.15) is 11.6 Å². The van der Waals surface area contributed by atoms with E-state index in [0.29, 0.717) is 6.07 Å². The Morgan fingerprint density at radius 3 is 2.69 bits per heavy atom. The van der Waals surface area contributed by atoms with E-state index in [-0.39, 0.29) is 29.2 Å². The number of carbonyl (C=O) groups is 1. The van der Waals surface area contributed by atoms with Gasteiger partial charge in [0.25, 0.3) is 5.91 Å². The lowest BCUT2D eigenvalue weighted by molar-refractivity contribution is -0.134. The van der Waals surface area contributed by atoms with E-state index in [1.165, 1.54) is 18.3 Å². The van der Waals surface area contributed by atoms with Crippen LogP contribution in [0.3, 0.4) is 0 Å². The molecular weight excluding hydrogens is 373 g/mol. The maximum atomic E-state index is 15.4. The maximum absolute atomic E-state index is 15.4. The van der Waals surface area contributed by atoms with E-state index < -0.39 is 42.1 Å². The lowest BCUT2D eigenvalue weighted by Gasteiger charge is -2.25. The number of aromatic nitrogens is 1. The number of aliphatic hydroxyl groups excluding tert-OH is 1. The van der Waals surface area contributed by atoms with Gasteiger partial charge in [-0.05, 0) is 31.0 Å². The fraction of sp³-hybridized carbons (Fsp3) is 0.294. The van der Waals surface area contributed by atoms with Crippen molar-refractivity contribution in [2.24, 2.45) is 0 Å². The van der Waals surface area contributed by atoms with Crippen LogP contribution in [0.5, 0.6) is 5.88 Å². The number of nitrogens with one attached hydrogen (secondary N) is 1. The van der Waals surface area contributed by atoms with Gasteiger partial charge in [-0.1, -0.05) is 11.6 Å². The van der Waals surface area contributed by atoms with Crippen molar-refractivity contribution >= 4 is 17.5 Å². The van der Waals surface area contributed by atoms with Gasteiger partial charge in [0, 0.05) is 31.0 Å². The quantitative estimate of drug-likeness (QED) is 0.681. The molecule has 0 unspecified atom stereocenters. The molecule has 3 N–H and O–H groups in total. The van der Waals surface area contributed by atoms with Gasteiger partial charge in [-0.25, -0.2) is 18.2 Å². The molecule has 0 bridgehead atoms. The van der Waals surface area contributed by atoms with E-state index in [1.807, 2.05) is 0 Å². The largest absolute Gasteiger partial charge is 0.493 e. The molecule has 0 fully saturated rings. The monoisotopic (exact) mass is 388 g/mol. The molecule has 0 aliphatic rings. The second kappa shape index (κ2) is 8.37. The van der Waals surface area contributed by atoms with Gasteiger partial charge in [-0.15, -0.1) is 0 Å². The number of rotatable bonds is 7. The number of hydrogen-bond donors (Lipinski definition) is 3. The van der Waals surface area contributed by atoms with Crippen LogP contribution in [-0.4, -0.2) is 27.7 Å². The van der Waals surface area contributed by atoms with Crippen LogP contribution in [-0.2, 0) is 17.0 Å². The van der Waals surface area contributed by atoms with Crippen LogP contribution in [0, 0.1) is 11.6 Å². The predicted molar refractivity (Wildman–Crippen MR) is 88.2 cm³/mol. The number of aromatic hydroxyl groups is 1. The number of amides is 1. The molecule has 1 heterocycles. The van der Waals surface area contributed by atoms with E-state index in [2.05, 4.69) is 10.3 Å². The number of alkyl halides is 1. The van der Waals surface area contributed by atoms with Gasteiger partial charge in [-0.3, -0.25) is 4.79 Å². The summed E-state index contributed by atoms with van der Waals surface area (Å²) < 4.78 is 42.3. The third-order valence-electron chi connectivity index (χ3n) is 3.78. The Labute approximate surface area is 152 Å². The summed E-state index contributed by atoms with van der Waals surface area (Å²) in [6.45, 7) is -0.867. The zero-order valence-electron chi connectivity index (χ0n) is 13.5. The first-order chi connectivity index (χ1) is 12.3. The zero-order chi connectivity index (χ0) is 19.3. The van der Waals surface area contributed by atoms with E-state index >= 15 is 4.39 Å². The van der Waals surface area contributed by atoms with Crippen molar-refractivity contribution in [1.82, 2.24) is 10.3 Å². The Hall–Kier alpha value is -2.32. The first-order valence-electron chi connectivity index (χ1n) is 7.65. The minimum Gasteiger partial charge on any atom is -0.493 e. The summed E-state index contributed by atoms with van der Waals surface area (Å²) in [7, 11) is 0. The molecule has 1 aromatic heterocycles. The van der Waals surface area contributed by atoms with Gasteiger partial charge >= 0.3 is 0 Å². The third-order valence-corrected chi connectivity index (χ3v) is 4.12. The van der Waals surface area contributed by atoms with Crippen molar-refractivity contribution in [1.29, 1.82) is 0 Å². The number of pyridine rings is 1.